The van der Waals surface area contributed by atoms with Gasteiger partial charge >= 0.3 is 12.1 Å². The van der Waals surface area contributed by atoms with Crippen molar-refractivity contribution >= 4 is 17.6 Å². The molecule has 0 aliphatic rings. The van der Waals surface area contributed by atoms with Gasteiger partial charge in [0.2, 0.25) is 0 Å². The number of anilines is 1. The van der Waals surface area contributed by atoms with Crippen LogP contribution in [-0.4, -0.2) is 34.8 Å². The molecule has 0 aliphatic carbocycles. The fourth-order valence-electron chi connectivity index (χ4n) is 3.13. The molecule has 3 rings (SSSR count). The van der Waals surface area contributed by atoms with Crippen LogP contribution in [0, 0.1) is 0 Å². The highest BCUT2D eigenvalue weighted by molar-refractivity contribution is 6.06. The van der Waals surface area contributed by atoms with Crippen LogP contribution in [0.1, 0.15) is 40.3 Å². The molecule has 162 valence electrons. The molecule has 0 fully saturated rings. The van der Waals surface area contributed by atoms with Gasteiger partial charge < -0.3 is 9.64 Å². The molecule has 0 atom stereocenters. The predicted molar refractivity (Wildman–Crippen MR) is 108 cm³/mol. The molecule has 6 nitrogen and oxygen atoms in total. The summed E-state index contributed by atoms with van der Waals surface area (Å²) in [6.07, 6.45) is -4.01. The van der Waals surface area contributed by atoms with Gasteiger partial charge in [-0.15, -0.1) is 0 Å². The van der Waals surface area contributed by atoms with Crippen molar-refractivity contribution < 1.29 is 27.5 Å². The maximum absolute atomic E-state index is 13.6. The summed E-state index contributed by atoms with van der Waals surface area (Å²) in [5, 5.41) is 3.73. The number of halogens is 3. The molecule has 1 heterocycles. The molecule has 0 saturated heterocycles. The number of hydrogen-bond donors (Lipinski definition) is 0. The summed E-state index contributed by atoms with van der Waals surface area (Å²) in [7, 11) is 0. The van der Waals surface area contributed by atoms with Gasteiger partial charge in [0, 0.05) is 17.8 Å². The number of para-hydroxylation sites is 1. The van der Waals surface area contributed by atoms with Gasteiger partial charge in [-0.2, -0.15) is 18.3 Å². The van der Waals surface area contributed by atoms with E-state index in [0.29, 0.717) is 22.5 Å². The Morgan fingerprint density at radius 3 is 2.23 bits per heavy atom. The van der Waals surface area contributed by atoms with Gasteiger partial charge in [0.25, 0.3) is 5.91 Å². The van der Waals surface area contributed by atoms with Gasteiger partial charge in [-0.3, -0.25) is 4.79 Å². The van der Waals surface area contributed by atoms with Crippen LogP contribution >= 0.6 is 0 Å². The highest BCUT2D eigenvalue weighted by Gasteiger charge is 2.41. The van der Waals surface area contributed by atoms with Crippen LogP contribution < -0.4 is 4.90 Å². The van der Waals surface area contributed by atoms with Crippen molar-refractivity contribution in [2.45, 2.75) is 20.0 Å². The average Bonchev–Trinajstić information content (AvgIpc) is 3.21. The zero-order valence-electron chi connectivity index (χ0n) is 16.9. The second kappa shape index (κ2) is 9.03. The van der Waals surface area contributed by atoms with Crippen molar-refractivity contribution in [3.8, 4) is 5.69 Å². The maximum atomic E-state index is 13.6. The predicted octanol–water partition coefficient (Wildman–Crippen LogP) is 4.73. The van der Waals surface area contributed by atoms with E-state index in [2.05, 4.69) is 5.10 Å². The minimum Gasteiger partial charge on any atom is -0.462 e. The zero-order chi connectivity index (χ0) is 22.6. The lowest BCUT2D eigenvalue weighted by molar-refractivity contribution is -0.143. The van der Waals surface area contributed by atoms with Crippen molar-refractivity contribution in [1.82, 2.24) is 9.78 Å². The number of benzene rings is 2. The van der Waals surface area contributed by atoms with E-state index in [1.165, 1.54) is 31.2 Å². The first-order valence-electron chi connectivity index (χ1n) is 9.57. The Balaban J connectivity index is 1.95. The number of esters is 1. The fraction of sp³-hybridized carbons (Fsp3) is 0.227. The molecule has 2 aromatic carbocycles. The second-order valence-corrected chi connectivity index (χ2v) is 6.47. The molecule has 1 aromatic heterocycles. The van der Waals surface area contributed by atoms with E-state index in [9.17, 15) is 22.8 Å². The quantitative estimate of drug-likeness (QED) is 0.529. The summed E-state index contributed by atoms with van der Waals surface area (Å²) in [4.78, 5) is 26.4. The van der Waals surface area contributed by atoms with E-state index < -0.39 is 23.4 Å². The van der Waals surface area contributed by atoms with E-state index in [1.807, 2.05) is 25.1 Å². The largest absolute Gasteiger partial charge is 0.462 e. The number of rotatable bonds is 6. The van der Waals surface area contributed by atoms with Gasteiger partial charge in [-0.25, -0.2) is 9.48 Å². The first-order valence-corrected chi connectivity index (χ1v) is 9.57. The molecule has 0 spiro atoms. The van der Waals surface area contributed by atoms with Gasteiger partial charge in [-0.1, -0.05) is 18.2 Å². The second-order valence-electron chi connectivity index (χ2n) is 6.47. The highest BCUT2D eigenvalue weighted by Crippen LogP contribution is 2.34. The van der Waals surface area contributed by atoms with Crippen molar-refractivity contribution in [2.24, 2.45) is 0 Å². The van der Waals surface area contributed by atoms with Crippen LogP contribution in [0.25, 0.3) is 5.69 Å². The number of carbonyl (C=O) groups is 2. The van der Waals surface area contributed by atoms with Gasteiger partial charge in [-0.05, 0) is 50.2 Å². The zero-order valence-corrected chi connectivity index (χ0v) is 16.9. The first-order chi connectivity index (χ1) is 14.8. The number of amides is 1. The number of nitrogens with zero attached hydrogens (tertiary/aromatic N) is 3. The van der Waals surface area contributed by atoms with Gasteiger partial charge in [0.1, 0.15) is 5.56 Å². The van der Waals surface area contributed by atoms with E-state index in [0.717, 1.165) is 6.20 Å². The van der Waals surface area contributed by atoms with Crippen LogP contribution in [0.5, 0.6) is 0 Å². The Hall–Kier alpha value is -3.62. The van der Waals surface area contributed by atoms with Crippen molar-refractivity contribution in [1.29, 1.82) is 0 Å². The van der Waals surface area contributed by atoms with E-state index in [1.54, 1.807) is 17.0 Å². The SMILES string of the molecule is CCOC(=O)c1cnn(-c2ccc(C(=O)N(CC)c3ccccc3)cc2)c1C(F)(F)F. The van der Waals surface area contributed by atoms with Crippen LogP contribution in [0.15, 0.2) is 60.8 Å². The number of ether oxygens (including phenoxy) is 1. The third-order valence-electron chi connectivity index (χ3n) is 4.52. The van der Waals surface area contributed by atoms with Crippen LogP contribution in [-0.2, 0) is 10.9 Å². The molecular weight excluding hydrogens is 411 g/mol. The summed E-state index contributed by atoms with van der Waals surface area (Å²) in [5.41, 5.74) is -0.826. The molecule has 0 unspecified atom stereocenters. The lowest BCUT2D eigenvalue weighted by atomic mass is 10.1. The average molecular weight is 431 g/mol. The van der Waals surface area contributed by atoms with Crippen LogP contribution in [0.2, 0.25) is 0 Å². The Labute approximate surface area is 176 Å². The topological polar surface area (TPSA) is 64.4 Å². The fourth-order valence-corrected chi connectivity index (χ4v) is 3.13. The van der Waals surface area contributed by atoms with Gasteiger partial charge in [0.05, 0.1) is 18.5 Å². The van der Waals surface area contributed by atoms with E-state index >= 15 is 0 Å². The summed E-state index contributed by atoms with van der Waals surface area (Å²) in [6.45, 7) is 3.69. The highest BCUT2D eigenvalue weighted by atomic mass is 19.4. The summed E-state index contributed by atoms with van der Waals surface area (Å²) < 4.78 is 46.3. The Bertz CT molecular complexity index is 1060. The maximum Gasteiger partial charge on any atom is 0.434 e. The Morgan fingerprint density at radius 1 is 1.03 bits per heavy atom. The molecule has 3 aromatic rings. The monoisotopic (exact) mass is 431 g/mol. The molecule has 0 bridgehead atoms. The minimum atomic E-state index is -4.83. The minimum absolute atomic E-state index is 0.0576. The number of aromatic nitrogens is 2. The summed E-state index contributed by atoms with van der Waals surface area (Å²) in [6, 6.07) is 14.6. The molecule has 0 saturated carbocycles. The lowest BCUT2D eigenvalue weighted by Crippen LogP contribution is -2.30. The number of hydrogen-bond acceptors (Lipinski definition) is 4. The molecule has 9 heteroatoms. The van der Waals surface area contributed by atoms with Crippen molar-refractivity contribution in [3.63, 3.8) is 0 Å². The molecule has 1 amide bonds. The Morgan fingerprint density at radius 2 is 1.68 bits per heavy atom. The standard InChI is InChI=1S/C22H20F3N3O3/c1-3-27(16-8-6-5-7-9-16)20(29)15-10-12-17(13-11-15)28-19(22(23,24)25)18(14-26-28)21(30)31-4-2/h5-14H,3-4H2,1-2H3. The van der Waals surface area contributed by atoms with Crippen LogP contribution in [0.4, 0.5) is 18.9 Å². The molecule has 31 heavy (non-hydrogen) atoms. The van der Waals surface area contributed by atoms with Crippen molar-refractivity contribution in [3.05, 3.63) is 77.6 Å². The van der Waals surface area contributed by atoms with E-state index in [4.69, 9.17) is 4.74 Å². The first kappa shape index (κ1) is 22.1. The van der Waals surface area contributed by atoms with E-state index in [-0.39, 0.29) is 18.2 Å². The summed E-state index contributed by atoms with van der Waals surface area (Å²) in [5.74, 6) is -1.39. The summed E-state index contributed by atoms with van der Waals surface area (Å²) >= 11 is 0. The van der Waals surface area contributed by atoms with Crippen LogP contribution in [0.3, 0.4) is 0 Å². The molecule has 0 aliphatic heterocycles. The van der Waals surface area contributed by atoms with Crippen molar-refractivity contribution in [2.75, 3.05) is 18.1 Å². The number of alkyl halides is 3. The van der Waals surface area contributed by atoms with Gasteiger partial charge in [0.15, 0.2) is 5.69 Å². The third-order valence-corrected chi connectivity index (χ3v) is 4.52. The molecule has 0 N–H and O–H groups in total. The smallest absolute Gasteiger partial charge is 0.434 e. The lowest BCUT2D eigenvalue weighted by Gasteiger charge is -2.21. The third kappa shape index (κ3) is 4.60. The number of carbonyl (C=O) groups excluding carboxylic acids is 2. The molecular formula is C22H20F3N3O3. The Kier molecular flexibility index (Phi) is 6.43. The molecule has 0 radical (unpaired) electrons. The normalized spacial score (nSPS) is 11.3.